The second kappa shape index (κ2) is 10.9. The van der Waals surface area contributed by atoms with E-state index < -0.39 is 47.4 Å². The summed E-state index contributed by atoms with van der Waals surface area (Å²) in [6.45, 7) is 10.9. The average Bonchev–Trinajstić information content (AvgIpc) is 3.37. The monoisotopic (exact) mass is 583 g/mol. The average molecular weight is 584 g/mol. The van der Waals surface area contributed by atoms with Crippen molar-refractivity contribution in [2.24, 2.45) is 34.3 Å². The first kappa shape index (κ1) is 29.8. The molecule has 2 unspecified atom stereocenters. The molecule has 1 aromatic rings. The minimum absolute atomic E-state index is 0.0905. The van der Waals surface area contributed by atoms with Crippen molar-refractivity contribution in [3.63, 3.8) is 0 Å². The van der Waals surface area contributed by atoms with E-state index in [4.69, 9.17) is 15.2 Å². The number of nitrogens with one attached hydrogen (secondary N) is 3. The fraction of sp³-hybridized carbons (Fsp3) is 0.633. The highest BCUT2D eigenvalue weighted by Gasteiger charge is 2.70. The minimum Gasteiger partial charge on any atom is -0.478 e. The van der Waals surface area contributed by atoms with E-state index in [0.717, 1.165) is 0 Å². The normalized spacial score (nSPS) is 28.8. The first-order valence-corrected chi connectivity index (χ1v) is 14.5. The van der Waals surface area contributed by atoms with Crippen LogP contribution in [0.2, 0.25) is 0 Å². The van der Waals surface area contributed by atoms with Crippen LogP contribution in [0.4, 0.5) is 5.69 Å². The van der Waals surface area contributed by atoms with Gasteiger partial charge in [-0.2, -0.15) is 0 Å². The third-order valence-electron chi connectivity index (χ3n) is 9.28. The number of primary amides is 1. The molecule has 0 bridgehead atoms. The fourth-order valence-electron chi connectivity index (χ4n) is 6.59. The summed E-state index contributed by atoms with van der Waals surface area (Å²) in [5, 5.41) is 8.40. The SMILES string of the molecule is CC(C)(C)C(NC(=O)[C@H]1CCOC1)C(=O)N1C[C@H]2[C@@H]([C@H]1C(=O)NC(C[C@@H]1Oc3ccccc3NC1=O)C(N)=O)C2(C)C. The number of ether oxygens (including phenoxy) is 2. The van der Waals surface area contributed by atoms with Gasteiger partial charge >= 0.3 is 0 Å². The van der Waals surface area contributed by atoms with Gasteiger partial charge in [0.1, 0.15) is 23.9 Å². The van der Waals surface area contributed by atoms with Crippen LogP contribution < -0.4 is 26.4 Å². The highest BCUT2D eigenvalue weighted by molar-refractivity contribution is 5.99. The molecule has 12 heteroatoms. The molecule has 4 aliphatic rings. The van der Waals surface area contributed by atoms with Crippen LogP contribution in [-0.2, 0) is 28.7 Å². The predicted molar refractivity (Wildman–Crippen MR) is 152 cm³/mol. The summed E-state index contributed by atoms with van der Waals surface area (Å²) < 4.78 is 11.2. The van der Waals surface area contributed by atoms with E-state index in [-0.39, 0.29) is 41.4 Å². The number of hydrogen-bond donors (Lipinski definition) is 4. The molecule has 3 fully saturated rings. The van der Waals surface area contributed by atoms with Crippen molar-refractivity contribution >= 4 is 35.2 Å². The quantitative estimate of drug-likeness (QED) is 0.351. The lowest BCUT2D eigenvalue weighted by atomic mass is 9.84. The van der Waals surface area contributed by atoms with Crippen molar-refractivity contribution in [2.45, 2.75) is 71.7 Å². The lowest BCUT2D eigenvalue weighted by molar-refractivity contribution is -0.146. The Kier molecular flexibility index (Phi) is 7.71. The van der Waals surface area contributed by atoms with Gasteiger partial charge in [-0.3, -0.25) is 24.0 Å². The molecule has 12 nitrogen and oxygen atoms in total. The number of carbonyl (C=O) groups excluding carboxylic acids is 5. The standard InChI is InChI=1S/C30H41N5O7/c1-29(2,3)23(34-25(37)15-10-11-41-14-15)28(40)35-13-16-21(30(16,4)5)22(35)27(39)33-18(24(31)36)12-20-26(38)32-17-8-6-7-9-19(17)42-20/h6-9,15-16,18,20-23H,10-14H2,1-5H3,(H2,31,36)(H,32,38)(H,33,39)(H,34,37)/t15-,16-,18?,20-,21-,22-,23?/m0/s1. The second-order valence-corrected chi connectivity index (χ2v) is 13.5. The topological polar surface area (TPSA) is 169 Å². The number of fused-ring (bicyclic) bond motifs is 2. The number of amides is 5. The summed E-state index contributed by atoms with van der Waals surface area (Å²) in [4.78, 5) is 67.6. The first-order chi connectivity index (χ1) is 19.7. The molecular weight excluding hydrogens is 542 g/mol. The number of piperidine rings is 1. The van der Waals surface area contributed by atoms with E-state index in [9.17, 15) is 24.0 Å². The molecule has 5 rings (SSSR count). The molecule has 1 aromatic carbocycles. The lowest BCUT2D eigenvalue weighted by Gasteiger charge is -2.38. The molecule has 0 aromatic heterocycles. The van der Waals surface area contributed by atoms with Crippen molar-refractivity contribution in [1.29, 1.82) is 0 Å². The number of anilines is 1. The molecule has 5 amide bonds. The lowest BCUT2D eigenvalue weighted by Crippen LogP contribution is -2.61. The molecule has 7 atom stereocenters. The zero-order valence-electron chi connectivity index (χ0n) is 24.8. The molecule has 2 saturated heterocycles. The first-order valence-electron chi connectivity index (χ1n) is 14.5. The Morgan fingerprint density at radius 3 is 2.50 bits per heavy atom. The van der Waals surface area contributed by atoms with Crippen LogP contribution in [0.5, 0.6) is 5.75 Å². The van der Waals surface area contributed by atoms with Gasteiger partial charge < -0.3 is 36.1 Å². The van der Waals surface area contributed by atoms with Gasteiger partial charge in [-0.1, -0.05) is 46.8 Å². The zero-order valence-corrected chi connectivity index (χ0v) is 24.8. The van der Waals surface area contributed by atoms with Gasteiger partial charge in [0.15, 0.2) is 6.10 Å². The maximum Gasteiger partial charge on any atom is 0.265 e. The highest BCUT2D eigenvalue weighted by Crippen LogP contribution is 2.65. The summed E-state index contributed by atoms with van der Waals surface area (Å²) in [7, 11) is 0. The molecule has 0 radical (unpaired) electrons. The minimum atomic E-state index is -1.21. The van der Waals surface area contributed by atoms with Crippen molar-refractivity contribution < 1.29 is 33.4 Å². The van der Waals surface area contributed by atoms with Gasteiger partial charge in [0.05, 0.1) is 18.2 Å². The van der Waals surface area contributed by atoms with Gasteiger partial charge in [-0.05, 0) is 41.2 Å². The Labute approximate surface area is 245 Å². The Bertz CT molecular complexity index is 1280. The summed E-state index contributed by atoms with van der Waals surface area (Å²) in [5.41, 5.74) is 5.38. The van der Waals surface area contributed by atoms with E-state index in [1.807, 2.05) is 20.8 Å². The molecule has 1 aliphatic carbocycles. The molecule has 3 heterocycles. The third-order valence-corrected chi connectivity index (χ3v) is 9.28. The van der Waals surface area contributed by atoms with Crippen molar-refractivity contribution in [3.05, 3.63) is 24.3 Å². The number of benzene rings is 1. The van der Waals surface area contributed by atoms with Crippen LogP contribution in [0, 0.1) is 28.6 Å². The van der Waals surface area contributed by atoms with Crippen molar-refractivity contribution in [2.75, 3.05) is 25.1 Å². The van der Waals surface area contributed by atoms with Gasteiger partial charge in [0.25, 0.3) is 5.91 Å². The van der Waals surface area contributed by atoms with Gasteiger partial charge in [-0.25, -0.2) is 0 Å². The summed E-state index contributed by atoms with van der Waals surface area (Å²) in [6.07, 6.45) is -0.639. The molecule has 3 aliphatic heterocycles. The summed E-state index contributed by atoms with van der Waals surface area (Å²) in [6, 6.07) is 3.97. The predicted octanol–water partition coefficient (Wildman–Crippen LogP) is 0.797. The molecule has 42 heavy (non-hydrogen) atoms. The van der Waals surface area contributed by atoms with E-state index >= 15 is 0 Å². The van der Waals surface area contributed by atoms with E-state index in [2.05, 4.69) is 29.8 Å². The van der Waals surface area contributed by atoms with E-state index in [1.54, 1.807) is 24.3 Å². The number of nitrogens with zero attached hydrogens (tertiary/aromatic N) is 1. The zero-order chi connectivity index (χ0) is 30.6. The van der Waals surface area contributed by atoms with Crippen LogP contribution in [0.1, 0.15) is 47.5 Å². The summed E-state index contributed by atoms with van der Waals surface area (Å²) >= 11 is 0. The van der Waals surface area contributed by atoms with Crippen molar-refractivity contribution in [1.82, 2.24) is 15.5 Å². The van der Waals surface area contributed by atoms with Crippen LogP contribution in [0.3, 0.4) is 0 Å². The van der Waals surface area contributed by atoms with Crippen LogP contribution in [0.25, 0.3) is 0 Å². The molecule has 5 N–H and O–H groups in total. The highest BCUT2D eigenvalue weighted by atomic mass is 16.5. The Balaban J connectivity index is 1.33. The number of rotatable bonds is 8. The molecular formula is C30H41N5O7. The maximum atomic E-state index is 14.1. The Morgan fingerprint density at radius 1 is 1.14 bits per heavy atom. The number of likely N-dealkylation sites (tertiary alicyclic amines) is 1. The van der Waals surface area contributed by atoms with Crippen LogP contribution >= 0.6 is 0 Å². The van der Waals surface area contributed by atoms with Gasteiger partial charge in [0, 0.05) is 19.6 Å². The fourth-order valence-corrected chi connectivity index (χ4v) is 6.59. The van der Waals surface area contributed by atoms with E-state index in [0.29, 0.717) is 37.6 Å². The van der Waals surface area contributed by atoms with Gasteiger partial charge in [-0.15, -0.1) is 0 Å². The number of carbonyl (C=O) groups is 5. The van der Waals surface area contributed by atoms with E-state index in [1.165, 1.54) is 4.90 Å². The number of hydrogen-bond acceptors (Lipinski definition) is 7. The summed E-state index contributed by atoms with van der Waals surface area (Å²) in [5.74, 6) is -2.30. The van der Waals surface area contributed by atoms with Crippen LogP contribution in [-0.4, -0.2) is 78.4 Å². The Morgan fingerprint density at radius 2 is 1.86 bits per heavy atom. The Hall–Kier alpha value is -3.67. The largest absolute Gasteiger partial charge is 0.478 e. The molecule has 228 valence electrons. The second-order valence-electron chi connectivity index (χ2n) is 13.5. The van der Waals surface area contributed by atoms with Crippen LogP contribution in [0.15, 0.2) is 24.3 Å². The molecule has 0 spiro atoms. The van der Waals surface area contributed by atoms with Gasteiger partial charge in [0.2, 0.25) is 23.6 Å². The van der Waals surface area contributed by atoms with Crippen molar-refractivity contribution in [3.8, 4) is 5.75 Å². The maximum absolute atomic E-state index is 14.1. The third kappa shape index (κ3) is 5.56. The smallest absolute Gasteiger partial charge is 0.265 e. The molecule has 1 saturated carbocycles. The number of nitrogens with two attached hydrogens (primary N) is 1. The number of para-hydroxylation sites is 2.